The van der Waals surface area contributed by atoms with E-state index in [0.29, 0.717) is 12.0 Å². The van der Waals surface area contributed by atoms with Crippen LogP contribution in [0, 0.1) is 11.3 Å². The molecule has 1 aromatic carbocycles. The lowest BCUT2D eigenvalue weighted by molar-refractivity contribution is -0.161. The Labute approximate surface area is 123 Å². The number of benzene rings is 1. The number of methoxy groups -OCH3 is 3. The zero-order valence-electron chi connectivity index (χ0n) is 12.3. The number of hydrogen-bond donors (Lipinski definition) is 0. The predicted molar refractivity (Wildman–Crippen MR) is 76.6 cm³/mol. The van der Waals surface area contributed by atoms with Gasteiger partial charge in [0.25, 0.3) is 0 Å². The minimum absolute atomic E-state index is 0.300. The molecule has 1 fully saturated rings. The minimum atomic E-state index is -1.25. The highest BCUT2D eigenvalue weighted by atomic mass is 16.5. The summed E-state index contributed by atoms with van der Waals surface area (Å²) in [6.45, 7) is 4.01. The van der Waals surface area contributed by atoms with Gasteiger partial charge in [-0.2, -0.15) is 0 Å². The maximum Gasteiger partial charge on any atom is 0.323 e. The molecule has 1 aliphatic carbocycles. The van der Waals surface area contributed by atoms with Crippen LogP contribution >= 0.6 is 0 Å². The van der Waals surface area contributed by atoms with Gasteiger partial charge in [0.05, 0.1) is 21.3 Å². The fourth-order valence-corrected chi connectivity index (χ4v) is 2.59. The molecule has 0 amide bonds. The summed E-state index contributed by atoms with van der Waals surface area (Å²) in [6, 6.07) is 7.30. The van der Waals surface area contributed by atoms with Crippen LogP contribution in [0.3, 0.4) is 0 Å². The molecule has 0 heterocycles. The van der Waals surface area contributed by atoms with Crippen molar-refractivity contribution in [2.45, 2.75) is 6.42 Å². The summed E-state index contributed by atoms with van der Waals surface area (Å²) in [6.07, 6.45) is 0.358. The van der Waals surface area contributed by atoms with Gasteiger partial charge in [-0.25, -0.2) is 0 Å². The summed E-state index contributed by atoms with van der Waals surface area (Å²) < 4.78 is 14.6. The molecule has 112 valence electrons. The van der Waals surface area contributed by atoms with E-state index >= 15 is 0 Å². The molecule has 1 aliphatic rings. The largest absolute Gasteiger partial charge is 0.497 e. The van der Waals surface area contributed by atoms with E-state index in [1.165, 1.54) is 14.2 Å². The fraction of sp³-hybridized carbons (Fsp3) is 0.375. The highest BCUT2D eigenvalue weighted by Crippen LogP contribution is 2.60. The maximum absolute atomic E-state index is 12.0. The van der Waals surface area contributed by atoms with Crippen LogP contribution < -0.4 is 4.74 Å². The first kappa shape index (κ1) is 15.1. The SMILES string of the molecule is C=C(c1ccc(OC)cc1)C1CC1(C(=O)OC)C(=O)OC. The Kier molecular flexibility index (Phi) is 4.02. The van der Waals surface area contributed by atoms with Gasteiger partial charge in [0.1, 0.15) is 5.75 Å². The average Bonchev–Trinajstić information content (AvgIpc) is 3.29. The average molecular weight is 290 g/mol. The van der Waals surface area contributed by atoms with Gasteiger partial charge in [0, 0.05) is 5.92 Å². The van der Waals surface area contributed by atoms with Gasteiger partial charge < -0.3 is 14.2 Å². The van der Waals surface area contributed by atoms with Gasteiger partial charge >= 0.3 is 11.9 Å². The highest BCUT2D eigenvalue weighted by Gasteiger charge is 2.68. The number of ether oxygens (including phenoxy) is 3. The lowest BCUT2D eigenvalue weighted by Crippen LogP contribution is -2.30. The molecule has 1 atom stereocenters. The molecule has 1 aromatic rings. The van der Waals surface area contributed by atoms with Gasteiger partial charge in [-0.05, 0) is 29.7 Å². The van der Waals surface area contributed by atoms with E-state index in [1.807, 2.05) is 12.1 Å². The van der Waals surface area contributed by atoms with Crippen molar-refractivity contribution >= 4 is 17.5 Å². The molecule has 1 saturated carbocycles. The number of esters is 2. The van der Waals surface area contributed by atoms with Crippen molar-refractivity contribution < 1.29 is 23.8 Å². The van der Waals surface area contributed by atoms with Gasteiger partial charge in [0.15, 0.2) is 5.41 Å². The Hall–Kier alpha value is -2.30. The fourth-order valence-electron chi connectivity index (χ4n) is 2.59. The monoisotopic (exact) mass is 290 g/mol. The molecular weight excluding hydrogens is 272 g/mol. The summed E-state index contributed by atoms with van der Waals surface area (Å²) in [4.78, 5) is 23.9. The normalized spacial score (nSPS) is 18.5. The van der Waals surface area contributed by atoms with Gasteiger partial charge in [-0.15, -0.1) is 0 Å². The predicted octanol–water partition coefficient (Wildman–Crippen LogP) is 2.06. The van der Waals surface area contributed by atoms with Crippen molar-refractivity contribution in [3.63, 3.8) is 0 Å². The van der Waals surface area contributed by atoms with Gasteiger partial charge in [-0.1, -0.05) is 18.7 Å². The minimum Gasteiger partial charge on any atom is -0.497 e. The number of carbonyl (C=O) groups is 2. The second-order valence-corrected chi connectivity index (χ2v) is 4.96. The Bertz CT molecular complexity index is 557. The van der Waals surface area contributed by atoms with E-state index in [9.17, 15) is 9.59 Å². The van der Waals surface area contributed by atoms with Crippen LogP contribution in [-0.4, -0.2) is 33.3 Å². The molecule has 5 nitrogen and oxygen atoms in total. The van der Waals surface area contributed by atoms with Crippen LogP contribution in [0.15, 0.2) is 30.8 Å². The smallest absolute Gasteiger partial charge is 0.323 e. The van der Waals surface area contributed by atoms with E-state index in [4.69, 9.17) is 14.2 Å². The van der Waals surface area contributed by atoms with Crippen molar-refractivity contribution in [3.05, 3.63) is 36.4 Å². The second-order valence-electron chi connectivity index (χ2n) is 4.96. The van der Waals surface area contributed by atoms with Gasteiger partial charge in [-0.3, -0.25) is 9.59 Å². The summed E-state index contributed by atoms with van der Waals surface area (Å²) in [5, 5.41) is 0. The Balaban J connectivity index is 2.24. The zero-order valence-corrected chi connectivity index (χ0v) is 12.3. The van der Waals surface area contributed by atoms with Crippen molar-refractivity contribution in [1.82, 2.24) is 0 Å². The molecule has 0 radical (unpaired) electrons. The maximum atomic E-state index is 12.0. The standard InChI is InChI=1S/C16H18O5/c1-10(11-5-7-12(19-2)8-6-11)13-9-16(13,14(17)20-3)15(18)21-4/h5-8,13H,1,9H2,2-4H3. The lowest BCUT2D eigenvalue weighted by atomic mass is 9.95. The van der Waals surface area contributed by atoms with Crippen molar-refractivity contribution in [1.29, 1.82) is 0 Å². The number of rotatable bonds is 5. The highest BCUT2D eigenvalue weighted by molar-refractivity contribution is 6.06. The van der Waals surface area contributed by atoms with Crippen LogP contribution in [-0.2, 0) is 19.1 Å². The van der Waals surface area contributed by atoms with E-state index in [1.54, 1.807) is 19.2 Å². The number of carbonyl (C=O) groups excluding carboxylic acids is 2. The molecule has 5 heteroatoms. The zero-order chi connectivity index (χ0) is 15.6. The first-order valence-electron chi connectivity index (χ1n) is 6.51. The molecule has 0 bridgehead atoms. The summed E-state index contributed by atoms with van der Waals surface area (Å²) in [5.74, 6) is -0.719. The topological polar surface area (TPSA) is 61.8 Å². The van der Waals surface area contributed by atoms with E-state index in [0.717, 1.165) is 11.3 Å². The Morgan fingerprint density at radius 1 is 1.10 bits per heavy atom. The molecule has 2 rings (SSSR count). The third-order valence-corrected chi connectivity index (χ3v) is 3.94. The summed E-state index contributed by atoms with van der Waals surface area (Å²) in [7, 11) is 4.11. The van der Waals surface area contributed by atoms with Crippen LogP contribution in [0.25, 0.3) is 5.57 Å². The lowest BCUT2D eigenvalue weighted by Gasteiger charge is -2.14. The third-order valence-electron chi connectivity index (χ3n) is 3.94. The first-order valence-corrected chi connectivity index (χ1v) is 6.51. The van der Waals surface area contributed by atoms with Crippen molar-refractivity contribution in [3.8, 4) is 5.75 Å². The molecule has 1 unspecified atom stereocenters. The van der Waals surface area contributed by atoms with Crippen LogP contribution in [0.1, 0.15) is 12.0 Å². The first-order chi connectivity index (χ1) is 10.0. The molecule has 0 N–H and O–H groups in total. The number of hydrogen-bond acceptors (Lipinski definition) is 5. The third kappa shape index (κ3) is 2.39. The summed E-state index contributed by atoms with van der Waals surface area (Å²) in [5.41, 5.74) is 0.324. The molecule has 0 aromatic heterocycles. The van der Waals surface area contributed by atoms with Crippen LogP contribution in [0.4, 0.5) is 0 Å². The molecule has 0 saturated heterocycles. The molecule has 0 aliphatic heterocycles. The van der Waals surface area contributed by atoms with Crippen molar-refractivity contribution in [2.75, 3.05) is 21.3 Å². The second kappa shape index (κ2) is 5.60. The van der Waals surface area contributed by atoms with Crippen molar-refractivity contribution in [2.24, 2.45) is 11.3 Å². The Morgan fingerprint density at radius 3 is 2.05 bits per heavy atom. The van der Waals surface area contributed by atoms with Crippen LogP contribution in [0.2, 0.25) is 0 Å². The summed E-state index contributed by atoms with van der Waals surface area (Å²) >= 11 is 0. The van der Waals surface area contributed by atoms with Gasteiger partial charge in [0.2, 0.25) is 0 Å². The quantitative estimate of drug-likeness (QED) is 0.613. The molecule has 0 spiro atoms. The van der Waals surface area contributed by atoms with E-state index in [2.05, 4.69) is 6.58 Å². The van der Waals surface area contributed by atoms with E-state index < -0.39 is 17.4 Å². The van der Waals surface area contributed by atoms with E-state index in [-0.39, 0.29) is 5.92 Å². The molecule has 21 heavy (non-hydrogen) atoms. The van der Waals surface area contributed by atoms with Crippen LogP contribution in [0.5, 0.6) is 5.75 Å². The number of allylic oxidation sites excluding steroid dienone is 1. The Morgan fingerprint density at radius 2 is 1.62 bits per heavy atom. The molecular formula is C16H18O5.